The largest absolute Gasteiger partial charge is 0.376 e. The van der Waals surface area contributed by atoms with Crippen LogP contribution in [0, 0.1) is 5.82 Å². The summed E-state index contributed by atoms with van der Waals surface area (Å²) < 4.78 is 19.6. The molecule has 114 valence electrons. The van der Waals surface area contributed by atoms with E-state index in [0.29, 0.717) is 24.8 Å². The minimum Gasteiger partial charge on any atom is -0.376 e. The van der Waals surface area contributed by atoms with Gasteiger partial charge >= 0.3 is 0 Å². The van der Waals surface area contributed by atoms with Crippen molar-refractivity contribution >= 4 is 17.5 Å². The van der Waals surface area contributed by atoms with Crippen molar-refractivity contribution in [2.75, 3.05) is 13.2 Å². The van der Waals surface area contributed by atoms with Crippen LogP contribution >= 0.6 is 11.6 Å². The number of amides is 1. The fourth-order valence-electron chi connectivity index (χ4n) is 2.14. The molecule has 0 aliphatic heterocycles. The molecular formula is C16H19ClFNO2. The maximum Gasteiger partial charge on any atom is 0.246 e. The lowest BCUT2D eigenvalue weighted by Gasteiger charge is -2.28. The van der Waals surface area contributed by atoms with E-state index in [1.165, 1.54) is 23.5 Å². The first-order valence-electron chi connectivity index (χ1n) is 7.07. The highest BCUT2D eigenvalue weighted by atomic mass is 35.5. The highest BCUT2D eigenvalue weighted by Gasteiger charge is 2.19. The Morgan fingerprint density at radius 3 is 2.90 bits per heavy atom. The van der Waals surface area contributed by atoms with Crippen molar-refractivity contribution in [2.45, 2.75) is 31.9 Å². The van der Waals surface area contributed by atoms with Gasteiger partial charge in [0.05, 0.1) is 17.7 Å². The predicted molar refractivity (Wildman–Crippen MR) is 80.6 cm³/mol. The molecule has 0 atom stereocenters. The predicted octanol–water partition coefficient (Wildman–Crippen LogP) is 3.56. The standard InChI is InChI=1S/C16H19ClFNO2/c1-2-15(20)19(9-10-21-13-6-4-7-13)11-12-5-3-8-14(17)16(12)18/h2-3,5,8,13H,1,4,6-7,9-11H2. The monoisotopic (exact) mass is 311 g/mol. The first kappa shape index (κ1) is 16.0. The van der Waals surface area contributed by atoms with Crippen LogP contribution in [0.4, 0.5) is 4.39 Å². The summed E-state index contributed by atoms with van der Waals surface area (Å²) in [5, 5.41) is 0.0595. The Morgan fingerprint density at radius 2 is 2.29 bits per heavy atom. The van der Waals surface area contributed by atoms with E-state index in [-0.39, 0.29) is 17.5 Å². The molecule has 1 fully saturated rings. The van der Waals surface area contributed by atoms with E-state index in [2.05, 4.69) is 6.58 Å². The number of hydrogen-bond acceptors (Lipinski definition) is 2. The van der Waals surface area contributed by atoms with Crippen LogP contribution < -0.4 is 0 Å². The number of rotatable bonds is 7. The van der Waals surface area contributed by atoms with Crippen LogP contribution in [0.1, 0.15) is 24.8 Å². The lowest BCUT2D eigenvalue weighted by atomic mass is 9.96. The lowest BCUT2D eigenvalue weighted by molar-refractivity contribution is -0.128. The first-order chi connectivity index (χ1) is 10.1. The van der Waals surface area contributed by atoms with E-state index in [1.54, 1.807) is 12.1 Å². The molecular weight excluding hydrogens is 293 g/mol. The normalized spacial score (nSPS) is 14.6. The van der Waals surface area contributed by atoms with Crippen LogP contribution in [0.3, 0.4) is 0 Å². The molecule has 3 nitrogen and oxygen atoms in total. The van der Waals surface area contributed by atoms with Crippen LogP contribution in [0.2, 0.25) is 5.02 Å². The van der Waals surface area contributed by atoms with Gasteiger partial charge in [-0.25, -0.2) is 4.39 Å². The quantitative estimate of drug-likeness (QED) is 0.721. The van der Waals surface area contributed by atoms with Crippen LogP contribution in [-0.2, 0) is 16.1 Å². The van der Waals surface area contributed by atoms with Gasteiger partial charge in [0.15, 0.2) is 0 Å². The summed E-state index contributed by atoms with van der Waals surface area (Å²) in [5.41, 5.74) is 0.390. The summed E-state index contributed by atoms with van der Waals surface area (Å²) in [6.45, 7) is 4.50. The molecule has 2 rings (SSSR count). The molecule has 0 bridgehead atoms. The van der Waals surface area contributed by atoms with Crippen molar-refractivity contribution < 1.29 is 13.9 Å². The van der Waals surface area contributed by atoms with Gasteiger partial charge in [-0.1, -0.05) is 30.3 Å². The topological polar surface area (TPSA) is 29.5 Å². The first-order valence-corrected chi connectivity index (χ1v) is 7.45. The fourth-order valence-corrected chi connectivity index (χ4v) is 2.33. The Bertz CT molecular complexity index is 517. The van der Waals surface area contributed by atoms with Gasteiger partial charge in [-0.05, 0) is 31.4 Å². The smallest absolute Gasteiger partial charge is 0.246 e. The van der Waals surface area contributed by atoms with Gasteiger partial charge in [-0.2, -0.15) is 0 Å². The number of halogens is 2. The Balaban J connectivity index is 1.96. The summed E-state index contributed by atoms with van der Waals surface area (Å²) in [6.07, 6.45) is 4.91. The Morgan fingerprint density at radius 1 is 1.52 bits per heavy atom. The summed E-state index contributed by atoms with van der Waals surface area (Å²) in [7, 11) is 0. The van der Waals surface area contributed by atoms with E-state index < -0.39 is 5.82 Å². The van der Waals surface area contributed by atoms with Crippen LogP contribution in [-0.4, -0.2) is 30.1 Å². The van der Waals surface area contributed by atoms with Gasteiger partial charge < -0.3 is 9.64 Å². The number of hydrogen-bond donors (Lipinski definition) is 0. The lowest BCUT2D eigenvalue weighted by Crippen LogP contribution is -2.34. The van der Waals surface area contributed by atoms with Crippen LogP contribution in [0.25, 0.3) is 0 Å². The van der Waals surface area contributed by atoms with E-state index in [4.69, 9.17) is 16.3 Å². The van der Waals surface area contributed by atoms with Gasteiger partial charge in [-0.15, -0.1) is 0 Å². The third-order valence-electron chi connectivity index (χ3n) is 3.65. The maximum absolute atomic E-state index is 13.9. The van der Waals surface area contributed by atoms with E-state index in [1.807, 2.05) is 0 Å². The van der Waals surface area contributed by atoms with Crippen LogP contribution in [0.15, 0.2) is 30.9 Å². The van der Waals surface area contributed by atoms with Crippen molar-refractivity contribution in [3.05, 3.63) is 47.3 Å². The molecule has 1 amide bonds. The number of nitrogens with zero attached hydrogens (tertiary/aromatic N) is 1. The Labute approximate surface area is 129 Å². The average Bonchev–Trinajstić information content (AvgIpc) is 2.43. The number of ether oxygens (including phenoxy) is 1. The summed E-state index contributed by atoms with van der Waals surface area (Å²) in [6, 6.07) is 4.78. The van der Waals surface area contributed by atoms with Crippen molar-refractivity contribution in [2.24, 2.45) is 0 Å². The van der Waals surface area contributed by atoms with E-state index >= 15 is 0 Å². The molecule has 5 heteroatoms. The second kappa shape index (κ2) is 7.57. The molecule has 1 aromatic rings. The van der Waals surface area contributed by atoms with Gasteiger partial charge in [-0.3, -0.25) is 4.79 Å². The molecule has 1 aliphatic carbocycles. The molecule has 1 aliphatic rings. The highest BCUT2D eigenvalue weighted by Crippen LogP contribution is 2.22. The summed E-state index contributed by atoms with van der Waals surface area (Å²) in [4.78, 5) is 13.4. The molecule has 0 unspecified atom stereocenters. The molecule has 1 saturated carbocycles. The van der Waals surface area contributed by atoms with Gasteiger partial charge in [0.1, 0.15) is 5.82 Å². The minimum absolute atomic E-state index is 0.0595. The molecule has 0 saturated heterocycles. The Hall–Kier alpha value is -1.39. The SMILES string of the molecule is C=CC(=O)N(CCOC1CCC1)Cc1cccc(Cl)c1F. The number of benzene rings is 1. The molecule has 0 aromatic heterocycles. The molecule has 1 aromatic carbocycles. The fraction of sp³-hybridized carbons (Fsp3) is 0.438. The molecule has 0 N–H and O–H groups in total. The van der Waals surface area contributed by atoms with Gasteiger partial charge in [0.25, 0.3) is 0 Å². The summed E-state index contributed by atoms with van der Waals surface area (Å²) >= 11 is 5.76. The third kappa shape index (κ3) is 4.29. The highest BCUT2D eigenvalue weighted by molar-refractivity contribution is 6.30. The zero-order chi connectivity index (χ0) is 15.2. The average molecular weight is 312 g/mol. The van der Waals surface area contributed by atoms with E-state index in [9.17, 15) is 9.18 Å². The number of carbonyl (C=O) groups excluding carboxylic acids is 1. The summed E-state index contributed by atoms with van der Waals surface area (Å²) in [5.74, 6) is -0.729. The van der Waals surface area contributed by atoms with E-state index in [0.717, 1.165) is 12.8 Å². The van der Waals surface area contributed by atoms with Crippen molar-refractivity contribution in [3.8, 4) is 0 Å². The zero-order valence-corrected chi connectivity index (χ0v) is 12.6. The van der Waals surface area contributed by atoms with Crippen molar-refractivity contribution in [3.63, 3.8) is 0 Å². The molecule has 21 heavy (non-hydrogen) atoms. The molecule has 0 spiro atoms. The minimum atomic E-state index is -0.485. The van der Waals surface area contributed by atoms with Crippen LogP contribution in [0.5, 0.6) is 0 Å². The third-order valence-corrected chi connectivity index (χ3v) is 3.94. The van der Waals surface area contributed by atoms with Crippen molar-refractivity contribution in [1.82, 2.24) is 4.90 Å². The molecule has 0 heterocycles. The van der Waals surface area contributed by atoms with Crippen molar-refractivity contribution in [1.29, 1.82) is 0 Å². The maximum atomic E-state index is 13.9. The second-order valence-corrected chi connectivity index (χ2v) is 5.51. The van der Waals surface area contributed by atoms with Gasteiger partial charge in [0, 0.05) is 18.7 Å². The van der Waals surface area contributed by atoms with Gasteiger partial charge in [0.2, 0.25) is 5.91 Å². The Kier molecular flexibility index (Phi) is 5.76. The number of carbonyl (C=O) groups is 1. The molecule has 0 radical (unpaired) electrons. The zero-order valence-electron chi connectivity index (χ0n) is 11.9. The second-order valence-electron chi connectivity index (χ2n) is 5.10.